The Morgan fingerprint density at radius 3 is 2.86 bits per heavy atom. The quantitative estimate of drug-likeness (QED) is 0.830. The molecule has 2 rings (SSSR count). The second kappa shape index (κ2) is 8.39. The van der Waals surface area contributed by atoms with E-state index in [4.69, 9.17) is 5.26 Å². The smallest absolute Gasteiger partial charge is 0.321 e. The van der Waals surface area contributed by atoms with Gasteiger partial charge in [0.1, 0.15) is 11.1 Å². The molecule has 22 heavy (non-hydrogen) atoms. The summed E-state index contributed by atoms with van der Waals surface area (Å²) >= 11 is 1.14. The summed E-state index contributed by atoms with van der Waals surface area (Å²) in [6, 6.07) is 5.05. The van der Waals surface area contributed by atoms with Crippen LogP contribution in [0.4, 0.5) is 4.79 Å². The summed E-state index contributed by atoms with van der Waals surface area (Å²) in [5.74, 6) is -0.350. The minimum atomic E-state index is -0.445. The number of aromatic nitrogens is 1. The molecule has 7 heteroatoms. The van der Waals surface area contributed by atoms with Crippen LogP contribution in [-0.4, -0.2) is 28.7 Å². The summed E-state index contributed by atoms with van der Waals surface area (Å²) in [6.07, 6.45) is 6.94. The molecule has 1 heterocycles. The van der Waals surface area contributed by atoms with Crippen molar-refractivity contribution >= 4 is 23.7 Å². The highest BCUT2D eigenvalue weighted by molar-refractivity contribution is 8.00. The molecule has 0 saturated heterocycles. The van der Waals surface area contributed by atoms with Gasteiger partial charge in [-0.15, -0.1) is 0 Å². The van der Waals surface area contributed by atoms with Crippen molar-refractivity contribution in [3.8, 4) is 6.07 Å². The molecule has 0 atom stereocenters. The molecule has 1 fully saturated rings. The van der Waals surface area contributed by atoms with Crippen LogP contribution in [0.2, 0.25) is 0 Å². The van der Waals surface area contributed by atoms with Crippen LogP contribution in [0.1, 0.15) is 37.7 Å². The summed E-state index contributed by atoms with van der Waals surface area (Å²) in [6.45, 7) is 0. The summed E-state index contributed by atoms with van der Waals surface area (Å²) in [4.78, 5) is 27.6. The van der Waals surface area contributed by atoms with Crippen LogP contribution in [0.25, 0.3) is 0 Å². The van der Waals surface area contributed by atoms with Crippen LogP contribution in [0.3, 0.4) is 0 Å². The Hall–Kier alpha value is -2.07. The van der Waals surface area contributed by atoms with Gasteiger partial charge in [-0.1, -0.05) is 31.0 Å². The lowest BCUT2D eigenvalue weighted by Gasteiger charge is -2.22. The summed E-state index contributed by atoms with van der Waals surface area (Å²) in [5.41, 5.74) is 0.423. The SMILES string of the molecule is N#Cc1cccnc1SCC(=O)NC(=O)NC1CCCCC1. The van der Waals surface area contributed by atoms with E-state index in [1.54, 1.807) is 18.3 Å². The van der Waals surface area contributed by atoms with Crippen LogP contribution in [0.5, 0.6) is 0 Å². The number of amides is 3. The molecule has 1 saturated carbocycles. The van der Waals surface area contributed by atoms with Crippen LogP contribution in [0, 0.1) is 11.3 Å². The second-order valence-electron chi connectivity index (χ2n) is 5.11. The fourth-order valence-electron chi connectivity index (χ4n) is 2.36. The third-order valence-electron chi connectivity index (χ3n) is 3.42. The monoisotopic (exact) mass is 318 g/mol. The fourth-order valence-corrected chi connectivity index (χ4v) is 3.10. The largest absolute Gasteiger partial charge is 0.335 e. The number of hydrogen-bond donors (Lipinski definition) is 2. The predicted molar refractivity (Wildman–Crippen MR) is 83.2 cm³/mol. The minimum Gasteiger partial charge on any atom is -0.335 e. The Bertz CT molecular complexity index is 579. The third kappa shape index (κ3) is 5.04. The highest BCUT2D eigenvalue weighted by Gasteiger charge is 2.17. The molecule has 0 unspecified atom stereocenters. The van der Waals surface area contributed by atoms with Gasteiger partial charge in [-0.05, 0) is 25.0 Å². The Morgan fingerprint density at radius 1 is 1.36 bits per heavy atom. The molecule has 1 aromatic heterocycles. The zero-order chi connectivity index (χ0) is 15.8. The van der Waals surface area contributed by atoms with Crippen molar-refractivity contribution in [3.05, 3.63) is 23.9 Å². The van der Waals surface area contributed by atoms with Gasteiger partial charge >= 0.3 is 6.03 Å². The Kier molecular flexibility index (Phi) is 6.22. The maximum atomic E-state index is 11.8. The molecule has 116 valence electrons. The molecule has 0 bridgehead atoms. The molecule has 0 aliphatic heterocycles. The summed E-state index contributed by atoms with van der Waals surface area (Å²) < 4.78 is 0. The number of nitrogens with zero attached hydrogens (tertiary/aromatic N) is 2. The van der Waals surface area contributed by atoms with Gasteiger partial charge in [0.05, 0.1) is 11.3 Å². The normalized spacial score (nSPS) is 14.9. The zero-order valence-electron chi connectivity index (χ0n) is 12.2. The standard InChI is InChI=1S/C15H18N4O2S/c16-9-11-5-4-8-17-14(11)22-10-13(20)19-15(21)18-12-6-2-1-3-7-12/h4-5,8,12H,1-3,6-7,10H2,(H2,18,19,20,21). The molecular formula is C15H18N4O2S. The van der Waals surface area contributed by atoms with E-state index >= 15 is 0 Å². The number of imide groups is 1. The van der Waals surface area contributed by atoms with Crippen LogP contribution >= 0.6 is 11.8 Å². The van der Waals surface area contributed by atoms with Gasteiger partial charge in [0.15, 0.2) is 0 Å². The minimum absolute atomic E-state index is 0.0454. The van der Waals surface area contributed by atoms with Gasteiger partial charge in [0.25, 0.3) is 0 Å². The van der Waals surface area contributed by atoms with Crippen molar-refractivity contribution in [2.45, 2.75) is 43.2 Å². The van der Waals surface area contributed by atoms with Crippen molar-refractivity contribution in [2.75, 3.05) is 5.75 Å². The second-order valence-corrected chi connectivity index (χ2v) is 6.08. The topological polar surface area (TPSA) is 94.9 Å². The molecule has 1 aliphatic rings. The zero-order valence-corrected chi connectivity index (χ0v) is 13.0. The van der Waals surface area contributed by atoms with Crippen molar-refractivity contribution < 1.29 is 9.59 Å². The number of pyridine rings is 1. The highest BCUT2D eigenvalue weighted by Crippen LogP contribution is 2.19. The number of hydrogen-bond acceptors (Lipinski definition) is 5. The number of carbonyl (C=O) groups is 2. The van der Waals surface area contributed by atoms with E-state index in [0.29, 0.717) is 10.6 Å². The number of nitriles is 1. The van der Waals surface area contributed by atoms with Gasteiger partial charge in [0.2, 0.25) is 5.91 Å². The van der Waals surface area contributed by atoms with Crippen molar-refractivity contribution in [3.63, 3.8) is 0 Å². The maximum Gasteiger partial charge on any atom is 0.321 e. The van der Waals surface area contributed by atoms with E-state index in [9.17, 15) is 9.59 Å². The van der Waals surface area contributed by atoms with E-state index in [0.717, 1.165) is 37.4 Å². The van der Waals surface area contributed by atoms with Crippen LogP contribution in [0.15, 0.2) is 23.4 Å². The number of nitrogens with one attached hydrogen (secondary N) is 2. The number of carbonyl (C=O) groups excluding carboxylic acids is 2. The highest BCUT2D eigenvalue weighted by atomic mass is 32.2. The molecular weight excluding hydrogens is 300 g/mol. The number of thioether (sulfide) groups is 1. The van der Waals surface area contributed by atoms with E-state index in [-0.39, 0.29) is 11.8 Å². The predicted octanol–water partition coefficient (Wildman–Crippen LogP) is 2.20. The van der Waals surface area contributed by atoms with E-state index in [2.05, 4.69) is 15.6 Å². The lowest BCUT2D eigenvalue weighted by Crippen LogP contribution is -2.45. The third-order valence-corrected chi connectivity index (χ3v) is 4.43. The molecule has 1 aliphatic carbocycles. The van der Waals surface area contributed by atoms with Crippen LogP contribution < -0.4 is 10.6 Å². The number of urea groups is 1. The van der Waals surface area contributed by atoms with Gasteiger partial charge in [0, 0.05) is 12.2 Å². The Labute approximate surface area is 133 Å². The lowest BCUT2D eigenvalue weighted by atomic mass is 9.96. The van der Waals surface area contributed by atoms with Gasteiger partial charge in [-0.2, -0.15) is 5.26 Å². The summed E-state index contributed by atoms with van der Waals surface area (Å²) in [5, 5.41) is 14.6. The van der Waals surface area contributed by atoms with Crippen molar-refractivity contribution in [1.29, 1.82) is 5.26 Å². The fraction of sp³-hybridized carbons (Fsp3) is 0.467. The van der Waals surface area contributed by atoms with E-state index in [1.807, 2.05) is 6.07 Å². The first-order valence-electron chi connectivity index (χ1n) is 7.27. The molecule has 0 spiro atoms. The molecule has 3 amide bonds. The van der Waals surface area contributed by atoms with Gasteiger partial charge in [-0.3, -0.25) is 10.1 Å². The van der Waals surface area contributed by atoms with Crippen molar-refractivity contribution in [2.24, 2.45) is 0 Å². The first-order chi connectivity index (χ1) is 10.7. The van der Waals surface area contributed by atoms with Gasteiger partial charge in [-0.25, -0.2) is 9.78 Å². The Morgan fingerprint density at radius 2 is 2.14 bits per heavy atom. The molecule has 0 aromatic carbocycles. The van der Waals surface area contributed by atoms with Crippen LogP contribution in [-0.2, 0) is 4.79 Å². The molecule has 2 N–H and O–H groups in total. The molecule has 0 radical (unpaired) electrons. The summed E-state index contributed by atoms with van der Waals surface area (Å²) in [7, 11) is 0. The average molecular weight is 318 g/mol. The molecule has 1 aromatic rings. The lowest BCUT2D eigenvalue weighted by molar-refractivity contribution is -0.117. The van der Waals surface area contributed by atoms with E-state index in [1.165, 1.54) is 6.42 Å². The van der Waals surface area contributed by atoms with Gasteiger partial charge < -0.3 is 5.32 Å². The maximum absolute atomic E-state index is 11.8. The Balaban J connectivity index is 1.75. The average Bonchev–Trinajstić information content (AvgIpc) is 2.54. The first-order valence-corrected chi connectivity index (χ1v) is 8.26. The molecule has 6 nitrogen and oxygen atoms in total. The number of rotatable bonds is 4. The van der Waals surface area contributed by atoms with Crippen molar-refractivity contribution in [1.82, 2.24) is 15.6 Å². The first kappa shape index (κ1) is 16.3. The van der Waals surface area contributed by atoms with E-state index < -0.39 is 11.9 Å².